The number of carbonyl (C=O) groups is 1. The van der Waals surface area contributed by atoms with Crippen LogP contribution in [0, 0.1) is 19.8 Å². The Morgan fingerprint density at radius 3 is 2.88 bits per heavy atom. The Balaban J connectivity index is 1.86. The van der Waals surface area contributed by atoms with Crippen LogP contribution in [-0.4, -0.2) is 16.9 Å². The Bertz CT molecular complexity index is 431. The highest BCUT2D eigenvalue weighted by atomic mass is 16.4. The number of aromatic nitrogens is 1. The molecule has 2 atom stereocenters. The Labute approximate surface area is 100 Å². The van der Waals surface area contributed by atoms with E-state index in [4.69, 9.17) is 10.2 Å². The number of carbonyl (C=O) groups excluding carboxylic acids is 1. The number of nitrogens with zero attached hydrogens (tertiary/aromatic N) is 1. The molecule has 5 nitrogen and oxygen atoms in total. The predicted molar refractivity (Wildman–Crippen MR) is 63.0 cm³/mol. The minimum atomic E-state index is -0.123. The molecular formula is C12H17N3O2. The van der Waals surface area contributed by atoms with Gasteiger partial charge in [0.15, 0.2) is 0 Å². The molecule has 0 aliphatic heterocycles. The fraction of sp³-hybridized carbons (Fsp3) is 0.500. The van der Waals surface area contributed by atoms with Gasteiger partial charge in [-0.05, 0) is 20.3 Å². The van der Waals surface area contributed by atoms with Crippen LogP contribution in [0.3, 0.4) is 0 Å². The average molecular weight is 235 g/mol. The minimum Gasteiger partial charge on any atom is -0.444 e. The maximum atomic E-state index is 11.8. The molecule has 1 aliphatic rings. The van der Waals surface area contributed by atoms with Gasteiger partial charge in [0.25, 0.3) is 0 Å². The fourth-order valence-corrected chi connectivity index (χ4v) is 1.83. The third-order valence-corrected chi connectivity index (χ3v) is 2.94. The molecule has 5 heteroatoms. The molecule has 92 valence electrons. The van der Waals surface area contributed by atoms with E-state index in [1.54, 1.807) is 0 Å². The predicted octanol–water partition coefficient (Wildman–Crippen LogP) is 0.811. The molecule has 0 bridgehead atoms. The molecular weight excluding hydrogens is 218 g/mol. The molecule has 0 saturated heterocycles. The zero-order valence-corrected chi connectivity index (χ0v) is 10.1. The molecule has 1 heterocycles. The van der Waals surface area contributed by atoms with Crippen LogP contribution in [0.4, 0.5) is 0 Å². The van der Waals surface area contributed by atoms with Crippen LogP contribution in [0.5, 0.6) is 0 Å². The summed E-state index contributed by atoms with van der Waals surface area (Å²) in [4.78, 5) is 16.0. The van der Waals surface area contributed by atoms with Crippen molar-refractivity contribution in [2.45, 2.75) is 32.9 Å². The quantitative estimate of drug-likeness (QED) is 0.760. The summed E-state index contributed by atoms with van der Waals surface area (Å²) >= 11 is 0. The third kappa shape index (κ3) is 2.74. The molecule has 1 aliphatic carbocycles. The molecule has 1 aromatic rings. The van der Waals surface area contributed by atoms with E-state index in [1.165, 1.54) is 0 Å². The Morgan fingerprint density at radius 2 is 2.35 bits per heavy atom. The molecule has 0 radical (unpaired) electrons. The normalized spacial score (nSPS) is 23.0. The monoisotopic (exact) mass is 235 g/mol. The van der Waals surface area contributed by atoms with Crippen molar-refractivity contribution in [2.75, 3.05) is 0 Å². The topological polar surface area (TPSA) is 81.2 Å². The van der Waals surface area contributed by atoms with Crippen LogP contribution in [-0.2, 0) is 11.3 Å². The summed E-state index contributed by atoms with van der Waals surface area (Å²) in [6, 6.07) is -0.00280. The van der Waals surface area contributed by atoms with Gasteiger partial charge in [-0.15, -0.1) is 0 Å². The van der Waals surface area contributed by atoms with Crippen LogP contribution in [0.1, 0.15) is 23.8 Å². The second kappa shape index (κ2) is 4.71. The first kappa shape index (κ1) is 11.9. The van der Waals surface area contributed by atoms with E-state index in [0.717, 1.165) is 11.5 Å². The fourth-order valence-electron chi connectivity index (χ4n) is 1.83. The summed E-state index contributed by atoms with van der Waals surface area (Å²) in [7, 11) is 0. The first-order chi connectivity index (χ1) is 8.06. The summed E-state index contributed by atoms with van der Waals surface area (Å²) < 4.78 is 5.38. The molecule has 0 spiro atoms. The number of hydrogen-bond acceptors (Lipinski definition) is 4. The largest absolute Gasteiger partial charge is 0.444 e. The van der Waals surface area contributed by atoms with Gasteiger partial charge in [-0.25, -0.2) is 4.98 Å². The molecule has 0 fully saturated rings. The number of nitrogens with one attached hydrogen (secondary N) is 1. The Kier molecular flexibility index (Phi) is 3.28. The number of hydrogen-bond donors (Lipinski definition) is 2. The molecule has 3 N–H and O–H groups in total. The van der Waals surface area contributed by atoms with Gasteiger partial charge in [-0.2, -0.15) is 0 Å². The van der Waals surface area contributed by atoms with E-state index in [9.17, 15) is 4.79 Å². The highest BCUT2D eigenvalue weighted by Gasteiger charge is 2.22. The van der Waals surface area contributed by atoms with E-state index in [2.05, 4.69) is 10.3 Å². The average Bonchev–Trinajstić information content (AvgIpc) is 2.83. The van der Waals surface area contributed by atoms with Crippen molar-refractivity contribution in [1.82, 2.24) is 10.3 Å². The maximum Gasteiger partial charge on any atom is 0.227 e. The molecule has 0 saturated carbocycles. The second-order valence-electron chi connectivity index (χ2n) is 4.36. The van der Waals surface area contributed by atoms with Gasteiger partial charge in [0.05, 0.1) is 18.2 Å². The minimum absolute atomic E-state index is 0.00280. The van der Waals surface area contributed by atoms with Crippen LogP contribution < -0.4 is 11.1 Å². The first-order valence-electron chi connectivity index (χ1n) is 5.71. The van der Waals surface area contributed by atoms with Crippen molar-refractivity contribution in [1.29, 1.82) is 0 Å². The van der Waals surface area contributed by atoms with Crippen molar-refractivity contribution in [2.24, 2.45) is 11.7 Å². The lowest BCUT2D eigenvalue weighted by Crippen LogP contribution is -2.30. The van der Waals surface area contributed by atoms with E-state index in [1.807, 2.05) is 26.0 Å². The molecule has 0 aromatic carbocycles. The number of rotatable bonds is 3. The molecule has 2 unspecified atom stereocenters. The molecule has 1 aromatic heterocycles. The van der Waals surface area contributed by atoms with E-state index in [-0.39, 0.29) is 17.9 Å². The van der Waals surface area contributed by atoms with E-state index >= 15 is 0 Å². The first-order valence-corrected chi connectivity index (χ1v) is 5.71. The van der Waals surface area contributed by atoms with Gasteiger partial charge in [-0.1, -0.05) is 12.2 Å². The third-order valence-electron chi connectivity index (χ3n) is 2.94. The summed E-state index contributed by atoms with van der Waals surface area (Å²) in [6.45, 7) is 4.06. The standard InChI is InChI=1S/C12H17N3O2/c1-7-8(2)17-11(15-7)6-14-12(16)9-3-4-10(13)5-9/h3-4,9-10H,5-6,13H2,1-2H3,(H,14,16). The maximum absolute atomic E-state index is 11.8. The zero-order valence-electron chi connectivity index (χ0n) is 10.1. The van der Waals surface area contributed by atoms with Crippen molar-refractivity contribution in [3.63, 3.8) is 0 Å². The number of nitrogens with two attached hydrogens (primary N) is 1. The van der Waals surface area contributed by atoms with Crippen molar-refractivity contribution >= 4 is 5.91 Å². The highest BCUT2D eigenvalue weighted by Crippen LogP contribution is 2.16. The zero-order chi connectivity index (χ0) is 12.4. The Hall–Kier alpha value is -1.62. The van der Waals surface area contributed by atoms with Gasteiger partial charge in [0, 0.05) is 6.04 Å². The summed E-state index contributed by atoms with van der Waals surface area (Å²) in [5.41, 5.74) is 6.55. The van der Waals surface area contributed by atoms with Gasteiger partial charge in [0.2, 0.25) is 11.8 Å². The van der Waals surface area contributed by atoms with Gasteiger partial charge in [-0.3, -0.25) is 4.79 Å². The van der Waals surface area contributed by atoms with Crippen LogP contribution in [0.15, 0.2) is 16.6 Å². The van der Waals surface area contributed by atoms with Gasteiger partial charge in [0.1, 0.15) is 5.76 Å². The lowest BCUT2D eigenvalue weighted by molar-refractivity contribution is -0.123. The van der Waals surface area contributed by atoms with Crippen molar-refractivity contribution in [3.8, 4) is 0 Å². The van der Waals surface area contributed by atoms with Crippen LogP contribution in [0.25, 0.3) is 0 Å². The molecule has 17 heavy (non-hydrogen) atoms. The lowest BCUT2D eigenvalue weighted by Gasteiger charge is -2.08. The Morgan fingerprint density at radius 1 is 1.59 bits per heavy atom. The second-order valence-corrected chi connectivity index (χ2v) is 4.36. The van der Waals surface area contributed by atoms with Gasteiger partial charge < -0.3 is 15.5 Å². The number of aryl methyl sites for hydroxylation is 2. The van der Waals surface area contributed by atoms with Gasteiger partial charge >= 0.3 is 0 Å². The number of amides is 1. The van der Waals surface area contributed by atoms with Crippen LogP contribution >= 0.6 is 0 Å². The SMILES string of the molecule is Cc1nc(CNC(=O)C2C=CC(N)C2)oc1C. The summed E-state index contributed by atoms with van der Waals surface area (Å²) in [5.74, 6) is 1.18. The highest BCUT2D eigenvalue weighted by molar-refractivity contribution is 5.80. The summed E-state index contributed by atoms with van der Waals surface area (Å²) in [6.07, 6.45) is 4.39. The molecule has 2 rings (SSSR count). The van der Waals surface area contributed by atoms with E-state index < -0.39 is 0 Å². The van der Waals surface area contributed by atoms with Crippen molar-refractivity contribution in [3.05, 3.63) is 29.5 Å². The van der Waals surface area contributed by atoms with Crippen molar-refractivity contribution < 1.29 is 9.21 Å². The summed E-state index contributed by atoms with van der Waals surface area (Å²) in [5, 5.41) is 2.80. The van der Waals surface area contributed by atoms with E-state index in [0.29, 0.717) is 18.9 Å². The smallest absolute Gasteiger partial charge is 0.227 e. The molecule has 1 amide bonds. The van der Waals surface area contributed by atoms with Crippen LogP contribution in [0.2, 0.25) is 0 Å². The lowest BCUT2D eigenvalue weighted by atomic mass is 10.1. The number of oxazole rings is 1.